The lowest BCUT2D eigenvalue weighted by Gasteiger charge is -2.34. The highest BCUT2D eigenvalue weighted by atomic mass is 32.1. The molecule has 0 aliphatic rings. The number of halogens is 1. The van der Waals surface area contributed by atoms with Gasteiger partial charge in [-0.15, -0.1) is 16.4 Å². The number of thiophene rings is 1. The summed E-state index contributed by atoms with van der Waals surface area (Å²) < 4.78 is 17.4. The number of rotatable bonds is 7. The molecule has 2 amide bonds. The van der Waals surface area contributed by atoms with Crippen LogP contribution in [0.4, 0.5) is 10.1 Å². The van der Waals surface area contributed by atoms with Crippen LogP contribution in [0.3, 0.4) is 0 Å². The van der Waals surface area contributed by atoms with Crippen LogP contribution in [0.5, 0.6) is 0 Å². The van der Waals surface area contributed by atoms with Gasteiger partial charge in [0.05, 0.1) is 0 Å². The standard InChI is InChI=1S/C21H23FN4O2S2/c1-5-21(3,4)23-19(27)17(18-13(2)10-11-29-18)26(15-8-6-14(22)7-9-15)20(28)16-12-30-25-24-16/h6-12,17H,5H2,1-4H3,(H,23,27). The molecule has 0 radical (unpaired) electrons. The fourth-order valence-corrected chi connectivity index (χ4v) is 4.32. The number of nitrogens with zero attached hydrogens (tertiary/aromatic N) is 3. The lowest BCUT2D eigenvalue weighted by molar-refractivity contribution is -0.124. The first-order valence-corrected chi connectivity index (χ1v) is 11.2. The maximum Gasteiger partial charge on any atom is 0.280 e. The number of nitrogens with one attached hydrogen (secondary N) is 1. The molecule has 0 bridgehead atoms. The van der Waals surface area contributed by atoms with Crippen molar-refractivity contribution in [1.29, 1.82) is 0 Å². The lowest BCUT2D eigenvalue weighted by atomic mass is 10.00. The summed E-state index contributed by atoms with van der Waals surface area (Å²) in [6.45, 7) is 7.74. The van der Waals surface area contributed by atoms with Crippen LogP contribution in [-0.4, -0.2) is 26.9 Å². The third-order valence-corrected chi connectivity index (χ3v) is 6.48. The van der Waals surface area contributed by atoms with E-state index in [1.54, 1.807) is 0 Å². The van der Waals surface area contributed by atoms with Crippen molar-refractivity contribution < 1.29 is 14.0 Å². The van der Waals surface area contributed by atoms with Crippen molar-refractivity contribution in [2.24, 2.45) is 0 Å². The van der Waals surface area contributed by atoms with Gasteiger partial charge < -0.3 is 5.32 Å². The minimum atomic E-state index is -0.935. The summed E-state index contributed by atoms with van der Waals surface area (Å²) in [7, 11) is 0. The van der Waals surface area contributed by atoms with Gasteiger partial charge in [-0.1, -0.05) is 11.4 Å². The highest BCUT2D eigenvalue weighted by Gasteiger charge is 2.37. The topological polar surface area (TPSA) is 75.2 Å². The van der Waals surface area contributed by atoms with Crippen LogP contribution in [0.25, 0.3) is 0 Å². The molecule has 1 aromatic carbocycles. The van der Waals surface area contributed by atoms with Gasteiger partial charge in [-0.05, 0) is 80.0 Å². The summed E-state index contributed by atoms with van der Waals surface area (Å²) in [5.74, 6) is -1.22. The van der Waals surface area contributed by atoms with E-state index in [0.717, 1.165) is 28.4 Å². The second-order valence-electron chi connectivity index (χ2n) is 7.54. The van der Waals surface area contributed by atoms with Crippen molar-refractivity contribution in [3.63, 3.8) is 0 Å². The monoisotopic (exact) mass is 446 g/mol. The Hall–Kier alpha value is -2.65. The van der Waals surface area contributed by atoms with E-state index in [9.17, 15) is 14.0 Å². The highest BCUT2D eigenvalue weighted by molar-refractivity contribution is 7.10. The molecule has 0 saturated carbocycles. The van der Waals surface area contributed by atoms with Crippen LogP contribution in [0, 0.1) is 12.7 Å². The number of hydrogen-bond donors (Lipinski definition) is 1. The molecule has 0 aliphatic carbocycles. The lowest BCUT2D eigenvalue weighted by Crippen LogP contribution is -2.50. The predicted molar refractivity (Wildman–Crippen MR) is 117 cm³/mol. The van der Waals surface area contributed by atoms with E-state index >= 15 is 0 Å². The van der Waals surface area contributed by atoms with Gasteiger partial charge in [0.1, 0.15) is 5.82 Å². The van der Waals surface area contributed by atoms with E-state index in [2.05, 4.69) is 14.9 Å². The quantitative estimate of drug-likeness (QED) is 0.569. The van der Waals surface area contributed by atoms with Gasteiger partial charge in [-0.3, -0.25) is 14.5 Å². The molecule has 30 heavy (non-hydrogen) atoms. The molecule has 158 valence electrons. The average Bonchev–Trinajstić information content (AvgIpc) is 3.38. The van der Waals surface area contributed by atoms with Crippen molar-refractivity contribution >= 4 is 40.4 Å². The average molecular weight is 447 g/mol. The predicted octanol–water partition coefficient (Wildman–Crippen LogP) is 4.74. The van der Waals surface area contributed by atoms with E-state index in [0.29, 0.717) is 5.69 Å². The van der Waals surface area contributed by atoms with Crippen LogP contribution in [0.15, 0.2) is 41.1 Å². The van der Waals surface area contributed by atoms with Crippen molar-refractivity contribution in [2.75, 3.05) is 4.90 Å². The van der Waals surface area contributed by atoms with Crippen molar-refractivity contribution in [3.8, 4) is 0 Å². The molecular weight excluding hydrogens is 423 g/mol. The Morgan fingerprint density at radius 1 is 1.23 bits per heavy atom. The number of anilines is 1. The van der Waals surface area contributed by atoms with E-state index in [1.807, 2.05) is 39.1 Å². The number of benzene rings is 1. The number of aromatic nitrogens is 2. The molecule has 3 aromatic rings. The molecule has 1 N–H and O–H groups in total. The molecule has 0 aliphatic heterocycles. The van der Waals surface area contributed by atoms with Crippen LogP contribution < -0.4 is 10.2 Å². The van der Waals surface area contributed by atoms with Gasteiger partial charge >= 0.3 is 0 Å². The molecule has 2 heterocycles. The summed E-state index contributed by atoms with van der Waals surface area (Å²) in [4.78, 5) is 29.1. The highest BCUT2D eigenvalue weighted by Crippen LogP contribution is 2.34. The summed E-state index contributed by atoms with van der Waals surface area (Å²) >= 11 is 2.45. The number of carbonyl (C=O) groups excluding carboxylic acids is 2. The zero-order valence-electron chi connectivity index (χ0n) is 17.2. The van der Waals surface area contributed by atoms with Gasteiger partial charge in [0.25, 0.3) is 5.91 Å². The molecule has 1 unspecified atom stereocenters. The van der Waals surface area contributed by atoms with Gasteiger partial charge in [0.15, 0.2) is 11.7 Å². The van der Waals surface area contributed by atoms with Crippen molar-refractivity contribution in [3.05, 3.63) is 63.0 Å². The second kappa shape index (κ2) is 9.01. The molecular formula is C21H23FN4O2S2. The number of amides is 2. The first-order valence-electron chi connectivity index (χ1n) is 9.45. The zero-order valence-corrected chi connectivity index (χ0v) is 18.8. The zero-order chi connectivity index (χ0) is 21.9. The molecule has 6 nitrogen and oxygen atoms in total. The number of hydrogen-bond acceptors (Lipinski definition) is 6. The fourth-order valence-electron chi connectivity index (χ4n) is 2.87. The Bertz CT molecular complexity index is 1020. The van der Waals surface area contributed by atoms with Gasteiger partial charge in [-0.2, -0.15) is 0 Å². The molecule has 0 fully saturated rings. The summed E-state index contributed by atoms with van der Waals surface area (Å²) in [5, 5.41) is 10.4. The van der Waals surface area contributed by atoms with Crippen molar-refractivity contribution in [2.45, 2.75) is 45.7 Å². The Balaban J connectivity index is 2.15. The van der Waals surface area contributed by atoms with Gasteiger partial charge in [0.2, 0.25) is 5.91 Å². The minimum absolute atomic E-state index is 0.131. The molecule has 0 saturated heterocycles. The Labute approximate surface area is 182 Å². The normalized spacial score (nSPS) is 12.4. The third-order valence-electron chi connectivity index (χ3n) is 4.90. The van der Waals surface area contributed by atoms with Gasteiger partial charge in [-0.25, -0.2) is 4.39 Å². The summed E-state index contributed by atoms with van der Waals surface area (Å²) in [6, 6.07) is 6.48. The fraction of sp³-hybridized carbons (Fsp3) is 0.333. The molecule has 0 spiro atoms. The smallest absolute Gasteiger partial charge is 0.280 e. The van der Waals surface area contributed by atoms with E-state index < -0.39 is 23.3 Å². The van der Waals surface area contributed by atoms with Crippen LogP contribution in [-0.2, 0) is 4.79 Å². The third kappa shape index (κ3) is 4.73. The van der Waals surface area contributed by atoms with E-state index in [4.69, 9.17) is 0 Å². The second-order valence-corrected chi connectivity index (χ2v) is 9.10. The van der Waals surface area contributed by atoms with Crippen LogP contribution in [0.1, 0.15) is 54.2 Å². The Morgan fingerprint density at radius 2 is 1.93 bits per heavy atom. The van der Waals surface area contributed by atoms with Crippen LogP contribution >= 0.6 is 22.9 Å². The van der Waals surface area contributed by atoms with Crippen LogP contribution in [0.2, 0.25) is 0 Å². The number of aryl methyl sites for hydroxylation is 1. The Kier molecular flexibility index (Phi) is 6.62. The minimum Gasteiger partial charge on any atom is -0.349 e. The number of carbonyl (C=O) groups is 2. The van der Waals surface area contributed by atoms with E-state index in [-0.39, 0.29) is 11.6 Å². The van der Waals surface area contributed by atoms with Gasteiger partial charge in [0, 0.05) is 21.5 Å². The molecule has 2 aromatic heterocycles. The first-order chi connectivity index (χ1) is 14.2. The first kappa shape index (κ1) is 22.0. The molecule has 1 atom stereocenters. The summed E-state index contributed by atoms with van der Waals surface area (Å²) in [6.07, 6.45) is 0.718. The largest absolute Gasteiger partial charge is 0.349 e. The molecule has 9 heteroatoms. The maximum atomic E-state index is 13.6. The van der Waals surface area contributed by atoms with Crippen molar-refractivity contribution in [1.82, 2.24) is 14.9 Å². The maximum absolute atomic E-state index is 13.6. The molecule has 3 rings (SSSR count). The Morgan fingerprint density at radius 3 is 2.47 bits per heavy atom. The SMILES string of the molecule is CCC(C)(C)NC(=O)C(c1sccc1C)N(C(=O)c1csnn1)c1ccc(F)cc1. The summed E-state index contributed by atoms with van der Waals surface area (Å²) in [5.41, 5.74) is 0.966. The van der Waals surface area contributed by atoms with E-state index in [1.165, 1.54) is 45.9 Å².